The van der Waals surface area contributed by atoms with Crippen molar-refractivity contribution in [1.82, 2.24) is 30.0 Å². The van der Waals surface area contributed by atoms with Gasteiger partial charge in [-0.25, -0.2) is 15.0 Å². The zero-order chi connectivity index (χ0) is 36.1. The minimum absolute atomic E-state index is 0.0507. The van der Waals surface area contributed by atoms with Crippen LogP contribution >= 0.6 is 0 Å². The van der Waals surface area contributed by atoms with Gasteiger partial charge in [-0.2, -0.15) is 5.10 Å². The second kappa shape index (κ2) is 18.2. The second-order valence-corrected chi connectivity index (χ2v) is 14.1. The molecule has 2 aromatic heterocycles. The summed E-state index contributed by atoms with van der Waals surface area (Å²) in [6.45, 7) is 10.1. The van der Waals surface area contributed by atoms with Gasteiger partial charge in [0, 0.05) is 41.8 Å². The van der Waals surface area contributed by atoms with Gasteiger partial charge in [0.1, 0.15) is 24.4 Å². The number of carboxylic acid groups (broad SMARTS) is 1. The van der Waals surface area contributed by atoms with Gasteiger partial charge >= 0.3 is 5.97 Å². The van der Waals surface area contributed by atoms with Crippen molar-refractivity contribution in [2.45, 2.75) is 90.3 Å². The van der Waals surface area contributed by atoms with Crippen LogP contribution in [0.1, 0.15) is 70.9 Å². The van der Waals surface area contributed by atoms with Gasteiger partial charge in [-0.3, -0.25) is 9.48 Å². The summed E-state index contributed by atoms with van der Waals surface area (Å²) in [7, 11) is 0. The summed E-state index contributed by atoms with van der Waals surface area (Å²) in [5.41, 5.74) is 6.29. The first-order valence-electron chi connectivity index (χ1n) is 18.0. The Hall–Kier alpha value is -5.09. The minimum atomic E-state index is -0.941. The number of unbranched alkanes of at least 4 members (excludes halogenated alkanes) is 4. The molecule has 0 amide bonds. The summed E-state index contributed by atoms with van der Waals surface area (Å²) in [5.74, 6) is 0.594. The van der Waals surface area contributed by atoms with Crippen molar-refractivity contribution in [3.63, 3.8) is 0 Å². The van der Waals surface area contributed by atoms with Gasteiger partial charge in [0.05, 0.1) is 13.2 Å². The van der Waals surface area contributed by atoms with Crippen molar-refractivity contribution >= 4 is 11.7 Å². The van der Waals surface area contributed by atoms with Crippen molar-refractivity contribution in [3.8, 4) is 28.3 Å². The molecule has 0 aliphatic heterocycles. The Morgan fingerprint density at radius 1 is 0.863 bits per heavy atom. The Morgan fingerprint density at radius 2 is 1.55 bits per heavy atom. The number of nitrogens with one attached hydrogen (secondary N) is 2. The average Bonchev–Trinajstić information content (AvgIpc) is 3.65. The Balaban J connectivity index is 1.21. The van der Waals surface area contributed by atoms with Gasteiger partial charge in [-0.15, -0.1) is 0 Å². The predicted octanol–water partition coefficient (Wildman–Crippen LogP) is 7.82. The largest absolute Gasteiger partial charge is 0.494 e. The van der Waals surface area contributed by atoms with E-state index in [1.807, 2.05) is 48.8 Å². The van der Waals surface area contributed by atoms with E-state index >= 15 is 0 Å². The fraction of sp³-hybridized carbons (Fsp3) is 0.390. The van der Waals surface area contributed by atoms with Crippen LogP contribution in [0.4, 0.5) is 5.69 Å². The van der Waals surface area contributed by atoms with Gasteiger partial charge in [0.15, 0.2) is 5.82 Å². The number of hydrogen-bond donors (Lipinski definition) is 3. The van der Waals surface area contributed by atoms with Gasteiger partial charge in [-0.05, 0) is 59.2 Å². The topological polar surface area (TPSA) is 127 Å². The smallest absolute Gasteiger partial charge is 0.322 e. The number of aliphatic carboxylic acids is 1. The van der Waals surface area contributed by atoms with E-state index < -0.39 is 12.0 Å². The van der Waals surface area contributed by atoms with Gasteiger partial charge in [0.2, 0.25) is 0 Å². The second-order valence-electron chi connectivity index (χ2n) is 14.1. The van der Waals surface area contributed by atoms with E-state index in [1.54, 1.807) is 0 Å². The van der Waals surface area contributed by atoms with E-state index in [0.29, 0.717) is 18.8 Å². The first-order valence-corrected chi connectivity index (χ1v) is 18.0. The highest BCUT2D eigenvalue weighted by Crippen LogP contribution is 2.25. The first-order chi connectivity index (χ1) is 24.7. The normalized spacial score (nSPS) is 12.7. The number of carboxylic acids is 1. The molecule has 5 aromatic rings. The maximum atomic E-state index is 12.1. The Bertz CT molecular complexity index is 1750. The lowest BCUT2D eigenvalue weighted by atomic mass is 9.87. The number of anilines is 1. The third kappa shape index (κ3) is 11.5. The molecule has 1 unspecified atom stereocenters. The van der Waals surface area contributed by atoms with E-state index in [4.69, 9.17) is 4.74 Å². The Morgan fingerprint density at radius 3 is 2.18 bits per heavy atom. The number of carbonyl (C=O) groups is 1. The molecule has 268 valence electrons. The van der Waals surface area contributed by atoms with Crippen molar-refractivity contribution in [1.29, 1.82) is 0 Å². The van der Waals surface area contributed by atoms with Gasteiger partial charge in [-0.1, -0.05) is 102 Å². The number of rotatable bonds is 19. The number of nitrogens with zero attached hydrogens (tertiary/aromatic N) is 5. The molecule has 51 heavy (non-hydrogen) atoms. The highest BCUT2D eigenvalue weighted by molar-refractivity contribution is 5.73. The van der Waals surface area contributed by atoms with E-state index in [-0.39, 0.29) is 18.0 Å². The molecule has 0 spiro atoms. The van der Waals surface area contributed by atoms with Gasteiger partial charge < -0.3 is 20.5 Å². The monoisotopic (exact) mass is 689 g/mol. The lowest BCUT2D eigenvalue weighted by Crippen LogP contribution is -2.46. The molecule has 10 heteroatoms. The number of benzene rings is 3. The van der Waals surface area contributed by atoms with Crippen LogP contribution in [0.25, 0.3) is 22.5 Å². The summed E-state index contributed by atoms with van der Waals surface area (Å²) in [4.78, 5) is 25.4. The average molecular weight is 690 g/mol. The SMILES string of the molecule is CCCCCCCOc1ccc(-c2cnc(-c3ccc(C[C@H](CNC(Cn4cncn4)C(=O)O)Nc4ccc(C(C)(C)C)cc4)cc3)nc2)cc1. The Kier molecular flexibility index (Phi) is 13.3. The lowest BCUT2D eigenvalue weighted by Gasteiger charge is -2.24. The molecule has 0 saturated carbocycles. The van der Waals surface area contributed by atoms with Crippen LogP contribution in [-0.4, -0.2) is 61.0 Å². The number of hydrogen-bond acceptors (Lipinski definition) is 8. The van der Waals surface area contributed by atoms with Gasteiger partial charge in [0.25, 0.3) is 0 Å². The molecular weight excluding hydrogens is 638 g/mol. The fourth-order valence-electron chi connectivity index (χ4n) is 5.84. The van der Waals surface area contributed by atoms with E-state index in [2.05, 4.69) is 94.8 Å². The predicted molar refractivity (Wildman–Crippen MR) is 203 cm³/mol. The highest BCUT2D eigenvalue weighted by atomic mass is 16.5. The van der Waals surface area contributed by atoms with Crippen molar-refractivity contribution in [2.75, 3.05) is 18.5 Å². The van der Waals surface area contributed by atoms with Crippen LogP contribution in [0.2, 0.25) is 0 Å². The summed E-state index contributed by atoms with van der Waals surface area (Å²) in [6.07, 6.45) is 13.4. The molecule has 10 nitrogen and oxygen atoms in total. The van der Waals surface area contributed by atoms with E-state index in [1.165, 1.54) is 48.6 Å². The summed E-state index contributed by atoms with van der Waals surface area (Å²) in [6, 6.07) is 23.9. The zero-order valence-corrected chi connectivity index (χ0v) is 30.3. The molecule has 3 N–H and O–H groups in total. The third-order valence-electron chi connectivity index (χ3n) is 8.92. The molecule has 0 aliphatic rings. The quantitative estimate of drug-likeness (QED) is 0.0744. The number of aromatic nitrogens is 5. The van der Waals surface area contributed by atoms with Crippen LogP contribution in [0.5, 0.6) is 5.75 Å². The van der Waals surface area contributed by atoms with Crippen LogP contribution in [0.3, 0.4) is 0 Å². The van der Waals surface area contributed by atoms with Crippen molar-refractivity contribution in [3.05, 3.63) is 109 Å². The van der Waals surface area contributed by atoms with Crippen LogP contribution in [0.15, 0.2) is 97.8 Å². The van der Waals surface area contributed by atoms with Crippen LogP contribution in [0, 0.1) is 0 Å². The van der Waals surface area contributed by atoms with E-state index in [9.17, 15) is 9.90 Å². The summed E-state index contributed by atoms with van der Waals surface area (Å²) >= 11 is 0. The van der Waals surface area contributed by atoms with Crippen molar-refractivity contribution in [2.24, 2.45) is 0 Å². The first kappa shape index (κ1) is 37.2. The minimum Gasteiger partial charge on any atom is -0.494 e. The molecule has 0 radical (unpaired) electrons. The fourth-order valence-corrected chi connectivity index (χ4v) is 5.84. The lowest BCUT2D eigenvalue weighted by molar-refractivity contribution is -0.139. The molecule has 2 atom stereocenters. The third-order valence-corrected chi connectivity index (χ3v) is 8.92. The molecular formula is C41H51N7O3. The van der Waals surface area contributed by atoms with Crippen LogP contribution < -0.4 is 15.4 Å². The molecule has 0 bridgehead atoms. The molecule has 0 saturated heterocycles. The summed E-state index contributed by atoms with van der Waals surface area (Å²) in [5, 5.41) is 20.8. The number of ether oxygens (including phenoxy) is 1. The molecule has 5 rings (SSSR count). The van der Waals surface area contributed by atoms with Crippen LogP contribution in [-0.2, 0) is 23.2 Å². The molecule has 0 aliphatic carbocycles. The molecule has 0 fully saturated rings. The summed E-state index contributed by atoms with van der Waals surface area (Å²) < 4.78 is 7.44. The molecule has 2 heterocycles. The maximum Gasteiger partial charge on any atom is 0.322 e. The standard InChI is InChI=1S/C41H51N7O3/c1-5-6-7-8-9-22-51-37-20-14-31(15-21-37)33-24-44-39(45-25-33)32-12-10-30(11-13-32)23-36(47-35-18-16-34(17-19-35)41(2,3)4)26-43-38(40(49)50)27-48-29-42-28-46-48/h10-21,24-25,28-29,36,38,43,47H,5-9,22-23,26-27H2,1-4H3,(H,49,50)/t36-,38?/m1/s1. The van der Waals surface area contributed by atoms with Crippen molar-refractivity contribution < 1.29 is 14.6 Å². The Labute approximate surface area is 301 Å². The maximum absolute atomic E-state index is 12.1. The molecule has 3 aromatic carbocycles. The zero-order valence-electron chi connectivity index (χ0n) is 30.3. The highest BCUT2D eigenvalue weighted by Gasteiger charge is 2.21. The van der Waals surface area contributed by atoms with E-state index in [0.717, 1.165) is 46.7 Å².